The summed E-state index contributed by atoms with van der Waals surface area (Å²) in [4.78, 5) is 0. The molecule has 0 aromatic carbocycles. The van der Waals surface area contributed by atoms with Crippen LogP contribution < -0.4 is 11.5 Å². The molecule has 1 aliphatic rings. The summed E-state index contributed by atoms with van der Waals surface area (Å²) in [5, 5.41) is 0. The van der Waals surface area contributed by atoms with Gasteiger partial charge in [-0.1, -0.05) is 0 Å². The van der Waals surface area contributed by atoms with Crippen molar-refractivity contribution in [2.24, 2.45) is 11.5 Å². The maximum atomic E-state index is 12.4. The predicted octanol–water partition coefficient (Wildman–Crippen LogP) is 0.739. The third-order valence-electron chi connectivity index (χ3n) is 1.99. The number of nitrogens with two attached hydrogens (primary N) is 2. The Morgan fingerprint density at radius 3 is 1.67 bits per heavy atom. The molecular formula is C5H9ClF4N2. The van der Waals surface area contributed by atoms with E-state index in [1.165, 1.54) is 0 Å². The third-order valence-corrected chi connectivity index (χ3v) is 1.99. The summed E-state index contributed by atoms with van der Waals surface area (Å²) in [5.74, 6) is -8.14. The number of hydrogen-bond donors (Lipinski definition) is 2. The molecule has 0 saturated heterocycles. The maximum Gasteiger partial charge on any atom is 0.329 e. The summed E-state index contributed by atoms with van der Waals surface area (Å²) in [6.07, 6.45) is -1.04. The van der Waals surface area contributed by atoms with E-state index in [9.17, 15) is 17.6 Å². The first-order chi connectivity index (χ1) is 4.77. The van der Waals surface area contributed by atoms with E-state index in [1.54, 1.807) is 0 Å². The molecule has 1 atom stereocenters. The van der Waals surface area contributed by atoms with Crippen LogP contribution in [-0.4, -0.2) is 23.9 Å². The van der Waals surface area contributed by atoms with Crippen LogP contribution in [0.3, 0.4) is 0 Å². The predicted molar refractivity (Wildman–Crippen MR) is 37.7 cm³/mol. The van der Waals surface area contributed by atoms with Crippen molar-refractivity contribution in [2.45, 2.75) is 23.8 Å². The van der Waals surface area contributed by atoms with E-state index in [-0.39, 0.29) is 12.4 Å². The minimum Gasteiger partial charge on any atom is -0.328 e. The van der Waals surface area contributed by atoms with Crippen molar-refractivity contribution in [2.75, 3.05) is 6.54 Å². The average molecular weight is 209 g/mol. The van der Waals surface area contributed by atoms with Crippen molar-refractivity contribution in [1.82, 2.24) is 0 Å². The van der Waals surface area contributed by atoms with Crippen LogP contribution in [0.5, 0.6) is 0 Å². The molecule has 0 amide bonds. The topological polar surface area (TPSA) is 52.0 Å². The lowest BCUT2D eigenvalue weighted by Gasteiger charge is -2.50. The molecular weight excluding hydrogens is 200 g/mol. The zero-order chi connectivity index (χ0) is 8.91. The van der Waals surface area contributed by atoms with E-state index >= 15 is 0 Å². The van der Waals surface area contributed by atoms with Gasteiger partial charge < -0.3 is 11.5 Å². The number of hydrogen-bond acceptors (Lipinski definition) is 2. The molecule has 1 rings (SSSR count). The number of alkyl halides is 4. The van der Waals surface area contributed by atoms with Crippen LogP contribution in [0.2, 0.25) is 0 Å². The molecule has 0 aromatic rings. The summed E-state index contributed by atoms with van der Waals surface area (Å²) < 4.78 is 49.0. The molecule has 0 radical (unpaired) electrons. The monoisotopic (exact) mass is 208 g/mol. The van der Waals surface area contributed by atoms with E-state index in [2.05, 4.69) is 0 Å². The Morgan fingerprint density at radius 2 is 1.58 bits per heavy atom. The molecule has 0 bridgehead atoms. The first kappa shape index (κ1) is 11.9. The van der Waals surface area contributed by atoms with Crippen LogP contribution in [0.1, 0.15) is 6.42 Å². The molecule has 1 unspecified atom stereocenters. The summed E-state index contributed by atoms with van der Waals surface area (Å²) in [7, 11) is 0. The van der Waals surface area contributed by atoms with Gasteiger partial charge in [0, 0.05) is 13.0 Å². The molecule has 74 valence electrons. The molecule has 1 aliphatic carbocycles. The fourth-order valence-corrected chi connectivity index (χ4v) is 1.08. The molecule has 0 spiro atoms. The molecule has 1 saturated carbocycles. The Balaban J connectivity index is 0.00000121. The Labute approximate surface area is 72.7 Å². The van der Waals surface area contributed by atoms with Gasteiger partial charge in [0.25, 0.3) is 0 Å². The molecule has 4 N–H and O–H groups in total. The van der Waals surface area contributed by atoms with Gasteiger partial charge in [0.05, 0.1) is 0 Å². The van der Waals surface area contributed by atoms with Crippen LogP contribution in [-0.2, 0) is 0 Å². The summed E-state index contributed by atoms with van der Waals surface area (Å²) in [5.41, 5.74) is 7.52. The van der Waals surface area contributed by atoms with Gasteiger partial charge in [-0.25, -0.2) is 0 Å². The molecule has 0 aromatic heterocycles. The van der Waals surface area contributed by atoms with E-state index in [4.69, 9.17) is 11.5 Å². The second-order valence-electron chi connectivity index (χ2n) is 2.82. The van der Waals surface area contributed by atoms with Crippen molar-refractivity contribution in [3.8, 4) is 0 Å². The van der Waals surface area contributed by atoms with Gasteiger partial charge in [0.1, 0.15) is 5.54 Å². The highest BCUT2D eigenvalue weighted by atomic mass is 35.5. The van der Waals surface area contributed by atoms with Gasteiger partial charge in [-0.15, -0.1) is 12.4 Å². The van der Waals surface area contributed by atoms with Crippen LogP contribution in [0.4, 0.5) is 17.6 Å². The highest BCUT2D eigenvalue weighted by molar-refractivity contribution is 5.85. The Kier molecular flexibility index (Phi) is 2.70. The van der Waals surface area contributed by atoms with Gasteiger partial charge >= 0.3 is 11.8 Å². The van der Waals surface area contributed by atoms with Crippen molar-refractivity contribution in [3.63, 3.8) is 0 Å². The lowest BCUT2D eigenvalue weighted by Crippen LogP contribution is -2.78. The van der Waals surface area contributed by atoms with Gasteiger partial charge in [-0.3, -0.25) is 0 Å². The second kappa shape index (κ2) is 2.71. The molecule has 0 heterocycles. The zero-order valence-electron chi connectivity index (χ0n) is 5.99. The van der Waals surface area contributed by atoms with Crippen LogP contribution >= 0.6 is 12.4 Å². The molecule has 0 aliphatic heterocycles. The second-order valence-corrected chi connectivity index (χ2v) is 2.82. The van der Waals surface area contributed by atoms with E-state index < -0.39 is 30.3 Å². The van der Waals surface area contributed by atoms with E-state index in [0.717, 1.165) is 0 Å². The summed E-state index contributed by atoms with van der Waals surface area (Å²) >= 11 is 0. The first-order valence-corrected chi connectivity index (χ1v) is 3.01. The van der Waals surface area contributed by atoms with Crippen molar-refractivity contribution in [3.05, 3.63) is 0 Å². The SMILES string of the molecule is Cl.NCC1(N)CC(F)(F)C1(F)F. The highest BCUT2D eigenvalue weighted by Gasteiger charge is 2.78. The zero-order valence-corrected chi connectivity index (χ0v) is 6.81. The Morgan fingerprint density at radius 1 is 1.17 bits per heavy atom. The average Bonchev–Trinajstić information content (AvgIpc) is 1.86. The van der Waals surface area contributed by atoms with Crippen molar-refractivity contribution in [1.29, 1.82) is 0 Å². The Bertz CT molecular complexity index is 186. The minimum absolute atomic E-state index is 0. The Hall–Kier alpha value is -0.0700. The fourth-order valence-electron chi connectivity index (χ4n) is 1.08. The maximum absolute atomic E-state index is 12.4. The van der Waals surface area contributed by atoms with Crippen LogP contribution in [0.25, 0.3) is 0 Å². The number of halogens is 5. The third kappa shape index (κ3) is 1.09. The molecule has 12 heavy (non-hydrogen) atoms. The van der Waals surface area contributed by atoms with Crippen LogP contribution in [0, 0.1) is 0 Å². The quantitative estimate of drug-likeness (QED) is 0.625. The highest BCUT2D eigenvalue weighted by Crippen LogP contribution is 2.55. The lowest BCUT2D eigenvalue weighted by atomic mass is 9.70. The first-order valence-electron chi connectivity index (χ1n) is 3.01. The summed E-state index contributed by atoms with van der Waals surface area (Å²) in [6, 6.07) is 0. The van der Waals surface area contributed by atoms with Crippen LogP contribution in [0.15, 0.2) is 0 Å². The molecule has 1 fully saturated rings. The van der Waals surface area contributed by atoms with Crippen molar-refractivity contribution < 1.29 is 17.6 Å². The van der Waals surface area contributed by atoms with Gasteiger partial charge in [0.2, 0.25) is 0 Å². The van der Waals surface area contributed by atoms with Gasteiger partial charge in [0.15, 0.2) is 0 Å². The standard InChI is InChI=1S/C5H8F4N2.ClH/c6-4(7)1-3(11,2-10)5(4,8)9;/h1-2,10-11H2;1H. The van der Waals surface area contributed by atoms with Gasteiger partial charge in [-0.05, 0) is 0 Å². The number of rotatable bonds is 1. The van der Waals surface area contributed by atoms with Gasteiger partial charge in [-0.2, -0.15) is 17.6 Å². The largest absolute Gasteiger partial charge is 0.329 e. The lowest BCUT2D eigenvalue weighted by molar-refractivity contribution is -0.319. The smallest absolute Gasteiger partial charge is 0.328 e. The fraction of sp³-hybridized carbons (Fsp3) is 1.00. The molecule has 7 heteroatoms. The van der Waals surface area contributed by atoms with E-state index in [0.29, 0.717) is 0 Å². The van der Waals surface area contributed by atoms with E-state index in [1.807, 2.05) is 0 Å². The minimum atomic E-state index is -4.16. The normalized spacial score (nSPS) is 36.5. The van der Waals surface area contributed by atoms with Crippen molar-refractivity contribution >= 4 is 12.4 Å². The summed E-state index contributed by atoms with van der Waals surface area (Å²) in [6.45, 7) is -0.629. The molecule has 2 nitrogen and oxygen atoms in total.